The van der Waals surface area contributed by atoms with Crippen molar-refractivity contribution in [3.05, 3.63) is 47.4 Å². The number of amides is 3. The van der Waals surface area contributed by atoms with Crippen LogP contribution in [0.15, 0.2) is 36.5 Å². The van der Waals surface area contributed by atoms with Gasteiger partial charge in [0.1, 0.15) is 17.7 Å². The van der Waals surface area contributed by atoms with Gasteiger partial charge < -0.3 is 25.5 Å². The standard InChI is InChI=1S/C21H23ClFN5O3/c22-13-3-5-17(16(23)10-13)25-21(31)26-18-2-1-8-28(20(18)30)14-4-6-19(24-11-14)27-9-7-15(29)12-27/h3-6,10-11,15,18,29H,1-2,7-9,12H2,(H2,25,26,31)/t15-,18-/m1/s1. The Kier molecular flexibility index (Phi) is 6.24. The number of carbonyl (C=O) groups is 2. The number of rotatable bonds is 4. The molecule has 0 radical (unpaired) electrons. The minimum absolute atomic E-state index is 0.0196. The monoisotopic (exact) mass is 447 g/mol. The molecule has 3 amide bonds. The van der Waals surface area contributed by atoms with E-state index >= 15 is 0 Å². The summed E-state index contributed by atoms with van der Waals surface area (Å²) in [4.78, 5) is 33.2. The van der Waals surface area contributed by atoms with E-state index in [9.17, 15) is 19.1 Å². The molecule has 10 heteroatoms. The molecule has 2 saturated heterocycles. The van der Waals surface area contributed by atoms with Crippen molar-refractivity contribution in [3.63, 3.8) is 0 Å². The molecule has 1 aromatic heterocycles. The Bertz CT molecular complexity index is 974. The zero-order valence-corrected chi connectivity index (χ0v) is 17.5. The first kappa shape index (κ1) is 21.3. The van der Waals surface area contributed by atoms with E-state index in [1.165, 1.54) is 12.1 Å². The number of hydrogen-bond acceptors (Lipinski definition) is 5. The first-order valence-electron chi connectivity index (χ1n) is 10.1. The van der Waals surface area contributed by atoms with E-state index in [-0.39, 0.29) is 22.7 Å². The third-order valence-electron chi connectivity index (χ3n) is 5.45. The van der Waals surface area contributed by atoms with E-state index in [1.807, 2.05) is 17.0 Å². The number of anilines is 3. The molecule has 4 rings (SSSR count). The number of aliphatic hydroxyl groups is 1. The van der Waals surface area contributed by atoms with Gasteiger partial charge in [-0.1, -0.05) is 11.6 Å². The number of halogens is 2. The van der Waals surface area contributed by atoms with E-state index in [0.29, 0.717) is 38.0 Å². The zero-order chi connectivity index (χ0) is 22.0. The van der Waals surface area contributed by atoms with Crippen molar-refractivity contribution >= 4 is 40.7 Å². The lowest BCUT2D eigenvalue weighted by Crippen LogP contribution is -2.53. The SMILES string of the molecule is O=C(Nc1ccc(Cl)cc1F)N[C@@H]1CCCN(c2ccc(N3CC[C@@H](O)C3)nc2)C1=O. The fraction of sp³-hybridized carbons (Fsp3) is 0.381. The Morgan fingerprint density at radius 2 is 2.06 bits per heavy atom. The molecular weight excluding hydrogens is 425 g/mol. The topological polar surface area (TPSA) is 97.8 Å². The number of pyridine rings is 1. The first-order valence-corrected chi connectivity index (χ1v) is 10.5. The molecule has 2 atom stereocenters. The number of benzene rings is 1. The zero-order valence-electron chi connectivity index (χ0n) is 16.7. The molecule has 0 spiro atoms. The first-order chi connectivity index (χ1) is 14.9. The van der Waals surface area contributed by atoms with Gasteiger partial charge in [-0.05, 0) is 49.6 Å². The van der Waals surface area contributed by atoms with Crippen molar-refractivity contribution in [2.45, 2.75) is 31.4 Å². The Morgan fingerprint density at radius 3 is 2.74 bits per heavy atom. The lowest BCUT2D eigenvalue weighted by molar-refractivity contribution is -0.121. The molecular formula is C21H23ClFN5O3. The average molecular weight is 448 g/mol. The van der Waals surface area contributed by atoms with Crippen LogP contribution in [0, 0.1) is 5.82 Å². The third kappa shape index (κ3) is 4.88. The highest BCUT2D eigenvalue weighted by atomic mass is 35.5. The summed E-state index contributed by atoms with van der Waals surface area (Å²) >= 11 is 5.72. The molecule has 3 heterocycles. The molecule has 2 aliphatic heterocycles. The predicted octanol–water partition coefficient (Wildman–Crippen LogP) is 2.76. The van der Waals surface area contributed by atoms with E-state index in [4.69, 9.17) is 11.6 Å². The summed E-state index contributed by atoms with van der Waals surface area (Å²) in [6, 6.07) is 6.18. The van der Waals surface area contributed by atoms with Crippen molar-refractivity contribution in [2.75, 3.05) is 34.8 Å². The molecule has 2 fully saturated rings. The van der Waals surface area contributed by atoms with Gasteiger partial charge >= 0.3 is 6.03 Å². The van der Waals surface area contributed by atoms with Crippen LogP contribution < -0.4 is 20.4 Å². The van der Waals surface area contributed by atoms with Crippen LogP contribution in [0.5, 0.6) is 0 Å². The lowest BCUT2D eigenvalue weighted by Gasteiger charge is -2.32. The Balaban J connectivity index is 1.39. The number of urea groups is 1. The van der Waals surface area contributed by atoms with Gasteiger partial charge in [-0.2, -0.15) is 0 Å². The number of nitrogens with one attached hydrogen (secondary N) is 2. The van der Waals surface area contributed by atoms with E-state index < -0.39 is 17.9 Å². The van der Waals surface area contributed by atoms with Gasteiger partial charge in [0.05, 0.1) is 23.7 Å². The summed E-state index contributed by atoms with van der Waals surface area (Å²) in [5, 5.41) is 14.9. The number of piperidine rings is 1. The van der Waals surface area contributed by atoms with E-state index in [2.05, 4.69) is 15.6 Å². The smallest absolute Gasteiger partial charge is 0.319 e. The molecule has 0 bridgehead atoms. The highest BCUT2D eigenvalue weighted by molar-refractivity contribution is 6.30. The summed E-state index contributed by atoms with van der Waals surface area (Å²) in [5.74, 6) is -0.149. The molecule has 31 heavy (non-hydrogen) atoms. The van der Waals surface area contributed by atoms with Crippen LogP contribution in [0.3, 0.4) is 0 Å². The summed E-state index contributed by atoms with van der Waals surface area (Å²) in [7, 11) is 0. The van der Waals surface area contributed by atoms with Gasteiger partial charge in [0.25, 0.3) is 0 Å². The van der Waals surface area contributed by atoms with Gasteiger partial charge in [0, 0.05) is 24.7 Å². The Morgan fingerprint density at radius 1 is 1.23 bits per heavy atom. The van der Waals surface area contributed by atoms with Gasteiger partial charge in [-0.15, -0.1) is 0 Å². The molecule has 1 aromatic carbocycles. The van der Waals surface area contributed by atoms with Gasteiger partial charge in [-0.25, -0.2) is 14.2 Å². The quantitative estimate of drug-likeness (QED) is 0.669. The predicted molar refractivity (Wildman–Crippen MR) is 116 cm³/mol. The molecule has 8 nitrogen and oxygen atoms in total. The number of nitrogens with zero attached hydrogens (tertiary/aromatic N) is 3. The van der Waals surface area contributed by atoms with Crippen molar-refractivity contribution in [3.8, 4) is 0 Å². The Hall–Kier alpha value is -2.91. The number of β-amino-alcohol motifs (C(OH)–C–C–N with tert-alkyl or cyclic N) is 1. The van der Waals surface area contributed by atoms with Crippen molar-refractivity contribution < 1.29 is 19.1 Å². The summed E-state index contributed by atoms with van der Waals surface area (Å²) in [5.41, 5.74) is 0.623. The number of hydrogen-bond donors (Lipinski definition) is 3. The average Bonchev–Trinajstić information content (AvgIpc) is 3.18. The largest absolute Gasteiger partial charge is 0.391 e. The molecule has 0 aliphatic carbocycles. The van der Waals surface area contributed by atoms with Gasteiger partial charge in [0.15, 0.2) is 0 Å². The fourth-order valence-corrected chi connectivity index (χ4v) is 4.01. The van der Waals surface area contributed by atoms with E-state index in [0.717, 1.165) is 18.4 Å². The second-order valence-electron chi connectivity index (χ2n) is 7.67. The van der Waals surface area contributed by atoms with Crippen LogP contribution in [-0.2, 0) is 4.79 Å². The highest BCUT2D eigenvalue weighted by Crippen LogP contribution is 2.25. The van der Waals surface area contributed by atoms with Gasteiger partial charge in [-0.3, -0.25) is 4.79 Å². The van der Waals surface area contributed by atoms with Crippen LogP contribution >= 0.6 is 11.6 Å². The lowest BCUT2D eigenvalue weighted by atomic mass is 10.0. The van der Waals surface area contributed by atoms with E-state index in [1.54, 1.807) is 11.1 Å². The molecule has 0 unspecified atom stereocenters. The van der Waals surface area contributed by atoms with Crippen molar-refractivity contribution in [2.24, 2.45) is 0 Å². The molecule has 0 saturated carbocycles. The summed E-state index contributed by atoms with van der Waals surface area (Å²) in [6.07, 6.45) is 3.19. The molecule has 164 valence electrons. The molecule has 2 aliphatic rings. The molecule has 3 N–H and O–H groups in total. The fourth-order valence-electron chi connectivity index (χ4n) is 3.85. The third-order valence-corrected chi connectivity index (χ3v) is 5.69. The molecule has 2 aromatic rings. The normalized spacial score (nSPS) is 21.3. The maximum absolute atomic E-state index is 13.9. The maximum Gasteiger partial charge on any atom is 0.319 e. The summed E-state index contributed by atoms with van der Waals surface area (Å²) in [6.45, 7) is 1.81. The van der Waals surface area contributed by atoms with Crippen LogP contribution in [0.4, 0.5) is 26.4 Å². The van der Waals surface area contributed by atoms with Crippen LogP contribution in [0.2, 0.25) is 5.02 Å². The van der Waals surface area contributed by atoms with Crippen LogP contribution in [-0.4, -0.2) is 53.8 Å². The van der Waals surface area contributed by atoms with Gasteiger partial charge in [0.2, 0.25) is 5.91 Å². The van der Waals surface area contributed by atoms with Crippen molar-refractivity contribution in [1.82, 2.24) is 10.3 Å². The van der Waals surface area contributed by atoms with Crippen molar-refractivity contribution in [1.29, 1.82) is 0 Å². The Labute approximate surface area is 184 Å². The minimum atomic E-state index is -0.725. The maximum atomic E-state index is 13.9. The minimum Gasteiger partial charge on any atom is -0.391 e. The highest BCUT2D eigenvalue weighted by Gasteiger charge is 2.31. The second kappa shape index (κ2) is 9.07. The summed E-state index contributed by atoms with van der Waals surface area (Å²) < 4.78 is 13.9. The second-order valence-corrected chi connectivity index (χ2v) is 8.11. The van der Waals surface area contributed by atoms with Crippen LogP contribution in [0.25, 0.3) is 0 Å². The number of aromatic nitrogens is 1. The van der Waals surface area contributed by atoms with Crippen LogP contribution in [0.1, 0.15) is 19.3 Å². The number of carbonyl (C=O) groups excluding carboxylic acids is 2. The number of aliphatic hydroxyl groups excluding tert-OH is 1.